The summed E-state index contributed by atoms with van der Waals surface area (Å²) in [6.45, 7) is 0.528. The van der Waals surface area contributed by atoms with E-state index in [1.54, 1.807) is 0 Å². The summed E-state index contributed by atoms with van der Waals surface area (Å²) in [7, 11) is 1.89. The number of aliphatic hydroxyl groups is 2. The SMILES string of the molecule is BC1OC(COCO)[C@@H](O)[C@@]12CCO2. The molecule has 0 amide bonds. The fraction of sp³-hybridized carbons (Fsp3) is 1.00. The van der Waals surface area contributed by atoms with E-state index < -0.39 is 17.8 Å². The summed E-state index contributed by atoms with van der Waals surface area (Å²) in [4.78, 5) is 0. The average Bonchev–Trinajstić information content (AvgIpc) is 2.34. The van der Waals surface area contributed by atoms with Gasteiger partial charge < -0.3 is 24.4 Å². The van der Waals surface area contributed by atoms with Gasteiger partial charge in [0.25, 0.3) is 0 Å². The van der Waals surface area contributed by atoms with Gasteiger partial charge in [-0.05, 0) is 0 Å². The molecule has 0 aliphatic carbocycles. The van der Waals surface area contributed by atoms with Gasteiger partial charge in [-0.15, -0.1) is 0 Å². The van der Waals surface area contributed by atoms with Crippen LogP contribution in [0.5, 0.6) is 0 Å². The molecule has 2 N–H and O–H groups in total. The molecule has 2 rings (SSSR count). The Morgan fingerprint density at radius 2 is 2.29 bits per heavy atom. The number of ether oxygens (including phenoxy) is 3. The molecule has 80 valence electrons. The fourth-order valence-corrected chi connectivity index (χ4v) is 2.20. The highest BCUT2D eigenvalue weighted by atomic mass is 16.6. The summed E-state index contributed by atoms with van der Waals surface area (Å²) in [6.07, 6.45) is -0.222. The third-order valence-electron chi connectivity index (χ3n) is 3.16. The zero-order chi connectivity index (χ0) is 10.2. The van der Waals surface area contributed by atoms with Gasteiger partial charge in [0.05, 0.1) is 19.2 Å². The molecule has 1 spiro atoms. The molecule has 5 nitrogen and oxygen atoms in total. The second-order valence-electron chi connectivity index (χ2n) is 3.81. The van der Waals surface area contributed by atoms with Crippen LogP contribution < -0.4 is 0 Å². The monoisotopic (exact) mass is 202 g/mol. The largest absolute Gasteiger partial charge is 0.387 e. The van der Waals surface area contributed by atoms with Gasteiger partial charge in [0.15, 0.2) is 0 Å². The van der Waals surface area contributed by atoms with E-state index in [4.69, 9.17) is 19.3 Å². The zero-order valence-corrected chi connectivity index (χ0v) is 8.18. The summed E-state index contributed by atoms with van der Waals surface area (Å²) >= 11 is 0. The highest BCUT2D eigenvalue weighted by Crippen LogP contribution is 2.41. The van der Waals surface area contributed by atoms with Crippen molar-refractivity contribution in [2.45, 2.75) is 30.2 Å². The predicted molar refractivity (Wildman–Crippen MR) is 49.5 cm³/mol. The van der Waals surface area contributed by atoms with Crippen molar-refractivity contribution in [3.05, 3.63) is 0 Å². The minimum absolute atomic E-state index is 0.112. The van der Waals surface area contributed by atoms with Crippen molar-refractivity contribution in [3.8, 4) is 0 Å². The zero-order valence-electron chi connectivity index (χ0n) is 8.18. The summed E-state index contributed by atoms with van der Waals surface area (Å²) in [5.74, 6) is 0. The van der Waals surface area contributed by atoms with E-state index in [0.29, 0.717) is 6.61 Å². The molecule has 0 saturated carbocycles. The van der Waals surface area contributed by atoms with Gasteiger partial charge in [0.1, 0.15) is 32.4 Å². The van der Waals surface area contributed by atoms with Crippen LogP contribution in [0.1, 0.15) is 6.42 Å². The molecule has 2 aliphatic heterocycles. The van der Waals surface area contributed by atoms with Crippen molar-refractivity contribution in [1.29, 1.82) is 0 Å². The van der Waals surface area contributed by atoms with Gasteiger partial charge in [-0.2, -0.15) is 0 Å². The normalized spacial score (nSPS) is 46.9. The van der Waals surface area contributed by atoms with Crippen LogP contribution in [0.25, 0.3) is 0 Å². The molecule has 2 heterocycles. The van der Waals surface area contributed by atoms with E-state index in [9.17, 15) is 5.11 Å². The molecule has 2 aliphatic rings. The van der Waals surface area contributed by atoms with Crippen LogP contribution in [-0.4, -0.2) is 61.9 Å². The van der Waals surface area contributed by atoms with E-state index >= 15 is 0 Å². The fourth-order valence-electron chi connectivity index (χ4n) is 2.20. The Bertz CT molecular complexity index is 208. The van der Waals surface area contributed by atoms with Crippen LogP contribution in [0.3, 0.4) is 0 Å². The predicted octanol–water partition coefficient (Wildman–Crippen LogP) is -2.17. The molecular weight excluding hydrogens is 187 g/mol. The molecule has 2 saturated heterocycles. The van der Waals surface area contributed by atoms with Gasteiger partial charge in [-0.25, -0.2) is 0 Å². The minimum Gasteiger partial charge on any atom is -0.387 e. The maximum absolute atomic E-state index is 9.94. The molecule has 0 aromatic carbocycles. The second-order valence-corrected chi connectivity index (χ2v) is 3.81. The molecule has 0 aromatic heterocycles. The number of aliphatic hydroxyl groups excluding tert-OH is 2. The van der Waals surface area contributed by atoms with E-state index in [-0.39, 0.29) is 19.4 Å². The standard InChI is InChI=1S/C8H15BO5/c9-7-8(1-2-13-8)6(11)5(14-7)3-12-4-10/h5-7,10-11H,1-4,9H2/t5?,6-,7?,8+/m1/s1. The maximum atomic E-state index is 9.94. The quantitative estimate of drug-likeness (QED) is 0.402. The first-order valence-electron chi connectivity index (χ1n) is 4.87. The van der Waals surface area contributed by atoms with E-state index in [1.165, 1.54) is 0 Å². The van der Waals surface area contributed by atoms with Crippen LogP contribution in [0.4, 0.5) is 0 Å². The summed E-state index contributed by atoms with van der Waals surface area (Å²) in [5.41, 5.74) is -0.524. The first-order valence-corrected chi connectivity index (χ1v) is 4.87. The summed E-state index contributed by atoms with van der Waals surface area (Å²) in [6, 6.07) is -0.112. The molecule has 6 heteroatoms. The lowest BCUT2D eigenvalue weighted by atomic mass is 9.75. The third-order valence-corrected chi connectivity index (χ3v) is 3.16. The number of hydrogen-bond acceptors (Lipinski definition) is 5. The van der Waals surface area contributed by atoms with Crippen molar-refractivity contribution >= 4 is 7.85 Å². The van der Waals surface area contributed by atoms with Crippen molar-refractivity contribution in [1.82, 2.24) is 0 Å². The van der Waals surface area contributed by atoms with E-state index in [0.717, 1.165) is 6.42 Å². The van der Waals surface area contributed by atoms with Gasteiger partial charge in [-0.1, -0.05) is 0 Å². The minimum atomic E-state index is -0.655. The van der Waals surface area contributed by atoms with E-state index in [1.807, 2.05) is 7.85 Å². The lowest BCUT2D eigenvalue weighted by molar-refractivity contribution is -0.195. The lowest BCUT2D eigenvalue weighted by Gasteiger charge is -2.43. The van der Waals surface area contributed by atoms with Crippen LogP contribution >= 0.6 is 0 Å². The number of rotatable bonds is 3. The first-order chi connectivity index (χ1) is 6.70. The van der Waals surface area contributed by atoms with Gasteiger partial charge in [-0.3, -0.25) is 0 Å². The van der Waals surface area contributed by atoms with Crippen molar-refractivity contribution in [2.24, 2.45) is 0 Å². The van der Waals surface area contributed by atoms with Crippen molar-refractivity contribution < 1.29 is 24.4 Å². The first kappa shape index (κ1) is 10.4. The molecule has 0 bridgehead atoms. The molecule has 14 heavy (non-hydrogen) atoms. The molecule has 0 radical (unpaired) electrons. The Balaban J connectivity index is 1.96. The Morgan fingerprint density at radius 1 is 1.57 bits per heavy atom. The Kier molecular flexibility index (Phi) is 2.81. The smallest absolute Gasteiger partial charge is 0.143 e. The molecular formula is C8H15BO5. The Morgan fingerprint density at radius 3 is 2.71 bits per heavy atom. The van der Waals surface area contributed by atoms with Gasteiger partial charge in [0, 0.05) is 6.42 Å². The van der Waals surface area contributed by atoms with Crippen LogP contribution in [0.15, 0.2) is 0 Å². The molecule has 2 unspecified atom stereocenters. The Labute approximate surface area is 83.4 Å². The van der Waals surface area contributed by atoms with E-state index in [2.05, 4.69) is 0 Å². The summed E-state index contributed by atoms with van der Waals surface area (Å²) < 4.78 is 15.8. The van der Waals surface area contributed by atoms with Crippen LogP contribution in [-0.2, 0) is 14.2 Å². The Hall–Kier alpha value is -0.135. The molecule has 2 fully saturated rings. The molecule has 4 atom stereocenters. The average molecular weight is 202 g/mol. The second kappa shape index (κ2) is 3.79. The van der Waals surface area contributed by atoms with Crippen molar-refractivity contribution in [3.63, 3.8) is 0 Å². The topological polar surface area (TPSA) is 68.2 Å². The van der Waals surface area contributed by atoms with Gasteiger partial charge in [0.2, 0.25) is 0 Å². The lowest BCUT2D eigenvalue weighted by Crippen LogP contribution is -2.58. The molecule has 0 aromatic rings. The highest BCUT2D eigenvalue weighted by Gasteiger charge is 2.58. The van der Waals surface area contributed by atoms with Crippen LogP contribution in [0.2, 0.25) is 0 Å². The highest BCUT2D eigenvalue weighted by molar-refractivity contribution is 6.12. The summed E-state index contributed by atoms with van der Waals surface area (Å²) in [5, 5.41) is 18.4. The van der Waals surface area contributed by atoms with Crippen LogP contribution in [0, 0.1) is 0 Å². The van der Waals surface area contributed by atoms with Crippen molar-refractivity contribution in [2.75, 3.05) is 20.0 Å². The number of hydrogen-bond donors (Lipinski definition) is 2. The maximum Gasteiger partial charge on any atom is 0.143 e. The third kappa shape index (κ3) is 1.38. The van der Waals surface area contributed by atoms with Gasteiger partial charge >= 0.3 is 0 Å².